The molecule has 0 bridgehead atoms. The molecule has 1 atom stereocenters. The smallest absolute Gasteiger partial charge is 0.262 e. The van der Waals surface area contributed by atoms with Gasteiger partial charge in [-0.05, 0) is 5.56 Å². The quantitative estimate of drug-likeness (QED) is 0.906. The lowest BCUT2D eigenvalue weighted by atomic mass is 10.2. The van der Waals surface area contributed by atoms with E-state index in [1.807, 2.05) is 30.3 Å². The molecule has 1 aliphatic rings. The van der Waals surface area contributed by atoms with Gasteiger partial charge in [-0.1, -0.05) is 30.3 Å². The number of hydrogen-bond donors (Lipinski definition) is 2. The van der Waals surface area contributed by atoms with E-state index in [-0.39, 0.29) is 0 Å². The minimum atomic E-state index is -2.83. The first-order valence-electron chi connectivity index (χ1n) is 7.01. The largest absolute Gasteiger partial charge is 0.313 e. The molecule has 0 saturated carbocycles. The van der Waals surface area contributed by atoms with Gasteiger partial charge >= 0.3 is 0 Å². The van der Waals surface area contributed by atoms with Crippen LogP contribution in [0.15, 0.2) is 42.7 Å². The number of carbonyl (C=O) groups excluding carboxylic acids is 1. The molecule has 1 unspecified atom stereocenters. The van der Waals surface area contributed by atoms with E-state index in [0.29, 0.717) is 12.5 Å². The van der Waals surface area contributed by atoms with Crippen molar-refractivity contribution >= 4 is 11.9 Å². The van der Waals surface area contributed by atoms with E-state index < -0.39 is 30.8 Å². The van der Waals surface area contributed by atoms with E-state index in [1.165, 1.54) is 0 Å². The second-order valence-electron chi connectivity index (χ2n) is 5.35. The molecule has 0 spiro atoms. The van der Waals surface area contributed by atoms with Crippen LogP contribution in [0.5, 0.6) is 0 Å². The van der Waals surface area contributed by atoms with Gasteiger partial charge in [0.2, 0.25) is 11.9 Å². The predicted octanol–water partition coefficient (Wildman–Crippen LogP) is 1.87. The van der Waals surface area contributed by atoms with Crippen LogP contribution in [-0.4, -0.2) is 34.0 Å². The van der Waals surface area contributed by atoms with Crippen molar-refractivity contribution in [1.82, 2.24) is 14.9 Å². The predicted molar refractivity (Wildman–Crippen MR) is 77.8 cm³/mol. The Kier molecular flexibility index (Phi) is 3.89. The molecule has 3 rings (SSSR count). The number of nitrogens with zero attached hydrogens (tertiary/aromatic N) is 2. The Morgan fingerprint density at radius 2 is 2.18 bits per heavy atom. The number of hydrogen-bond acceptors (Lipinski definition) is 3. The minimum Gasteiger partial charge on any atom is -0.313 e. The van der Waals surface area contributed by atoms with Crippen LogP contribution in [-0.2, 0) is 11.3 Å². The highest BCUT2D eigenvalue weighted by Crippen LogP contribution is 2.25. The van der Waals surface area contributed by atoms with Crippen molar-refractivity contribution in [3.8, 4) is 0 Å². The molecule has 1 aromatic heterocycles. The Labute approximate surface area is 126 Å². The fourth-order valence-corrected chi connectivity index (χ4v) is 2.44. The Balaban J connectivity index is 1.66. The number of rotatable bonds is 4. The molecular formula is C15H16F2N4O. The van der Waals surface area contributed by atoms with Gasteiger partial charge in [-0.25, -0.2) is 13.8 Å². The lowest BCUT2D eigenvalue weighted by Crippen LogP contribution is -2.36. The fourth-order valence-electron chi connectivity index (χ4n) is 2.44. The van der Waals surface area contributed by atoms with E-state index in [0.717, 1.165) is 5.56 Å². The van der Waals surface area contributed by atoms with Crippen molar-refractivity contribution in [3.05, 3.63) is 48.3 Å². The van der Waals surface area contributed by atoms with Crippen molar-refractivity contribution in [1.29, 1.82) is 0 Å². The average molecular weight is 306 g/mol. The first kappa shape index (κ1) is 14.6. The van der Waals surface area contributed by atoms with Crippen molar-refractivity contribution < 1.29 is 13.6 Å². The van der Waals surface area contributed by atoms with E-state index in [1.54, 1.807) is 17.0 Å². The van der Waals surface area contributed by atoms with Gasteiger partial charge in [-0.3, -0.25) is 15.4 Å². The SMILES string of the molecule is O=C(Nc1nccn1Cc1ccccc1)C1CC(F)(F)CN1. The van der Waals surface area contributed by atoms with Crippen LogP contribution in [0.3, 0.4) is 0 Å². The maximum absolute atomic E-state index is 13.1. The number of benzene rings is 1. The van der Waals surface area contributed by atoms with E-state index in [9.17, 15) is 13.6 Å². The zero-order valence-corrected chi connectivity index (χ0v) is 11.8. The van der Waals surface area contributed by atoms with Crippen LogP contribution in [0, 0.1) is 0 Å². The summed E-state index contributed by atoms with van der Waals surface area (Å²) in [5, 5.41) is 5.14. The molecule has 2 heterocycles. The Morgan fingerprint density at radius 1 is 1.41 bits per heavy atom. The van der Waals surface area contributed by atoms with Gasteiger partial charge in [0, 0.05) is 18.8 Å². The number of aromatic nitrogens is 2. The van der Waals surface area contributed by atoms with Gasteiger partial charge in [0.05, 0.1) is 19.1 Å². The third kappa shape index (κ3) is 3.30. The monoisotopic (exact) mass is 306 g/mol. The molecule has 1 aromatic carbocycles. The van der Waals surface area contributed by atoms with Crippen LogP contribution < -0.4 is 10.6 Å². The number of alkyl halides is 2. The van der Waals surface area contributed by atoms with Gasteiger partial charge < -0.3 is 4.57 Å². The summed E-state index contributed by atoms with van der Waals surface area (Å²) in [5.74, 6) is -2.97. The van der Waals surface area contributed by atoms with Gasteiger partial charge in [0.1, 0.15) is 0 Å². The molecule has 0 radical (unpaired) electrons. The maximum Gasteiger partial charge on any atom is 0.262 e. The van der Waals surface area contributed by atoms with Gasteiger partial charge in [-0.15, -0.1) is 0 Å². The van der Waals surface area contributed by atoms with E-state index in [4.69, 9.17) is 0 Å². The summed E-state index contributed by atoms with van der Waals surface area (Å²) in [4.78, 5) is 16.1. The molecule has 2 aromatic rings. The maximum atomic E-state index is 13.1. The lowest BCUT2D eigenvalue weighted by Gasteiger charge is -2.12. The normalized spacial score (nSPS) is 20.0. The van der Waals surface area contributed by atoms with Crippen molar-refractivity contribution in [2.75, 3.05) is 11.9 Å². The molecule has 1 aliphatic heterocycles. The fraction of sp³-hybridized carbons (Fsp3) is 0.333. The molecular weight excluding hydrogens is 290 g/mol. The third-order valence-electron chi connectivity index (χ3n) is 3.57. The number of amides is 1. The standard InChI is InChI=1S/C15H16F2N4O/c16-15(17)8-12(19-10-15)13(22)20-14-18-6-7-21(14)9-11-4-2-1-3-5-11/h1-7,12,19H,8-10H2,(H,18,20,22). The molecule has 2 N–H and O–H groups in total. The van der Waals surface area contributed by atoms with Crippen LogP contribution in [0.1, 0.15) is 12.0 Å². The zero-order valence-electron chi connectivity index (χ0n) is 11.8. The van der Waals surface area contributed by atoms with Gasteiger partial charge in [0.25, 0.3) is 5.92 Å². The molecule has 22 heavy (non-hydrogen) atoms. The highest BCUT2D eigenvalue weighted by molar-refractivity contribution is 5.93. The Bertz CT molecular complexity index is 657. The second-order valence-corrected chi connectivity index (χ2v) is 5.35. The number of imidazole rings is 1. The molecule has 116 valence electrons. The number of anilines is 1. The highest BCUT2D eigenvalue weighted by atomic mass is 19.3. The molecule has 0 aliphatic carbocycles. The summed E-state index contributed by atoms with van der Waals surface area (Å²) in [7, 11) is 0. The second kappa shape index (κ2) is 5.84. The number of halogens is 2. The summed E-state index contributed by atoms with van der Waals surface area (Å²) in [5.41, 5.74) is 1.06. The lowest BCUT2D eigenvalue weighted by molar-refractivity contribution is -0.118. The summed E-state index contributed by atoms with van der Waals surface area (Å²) < 4.78 is 28.0. The summed E-state index contributed by atoms with van der Waals surface area (Å²) in [6.07, 6.45) is 2.81. The minimum absolute atomic E-state index is 0.353. The summed E-state index contributed by atoms with van der Waals surface area (Å²) in [6.45, 7) is 0.0776. The van der Waals surface area contributed by atoms with Crippen LogP contribution in [0.25, 0.3) is 0 Å². The highest BCUT2D eigenvalue weighted by Gasteiger charge is 2.42. The zero-order chi connectivity index (χ0) is 15.6. The third-order valence-corrected chi connectivity index (χ3v) is 3.57. The molecule has 7 heteroatoms. The van der Waals surface area contributed by atoms with Gasteiger partial charge in [0.15, 0.2) is 0 Å². The average Bonchev–Trinajstić information content (AvgIpc) is 3.07. The molecule has 1 saturated heterocycles. The van der Waals surface area contributed by atoms with Crippen LogP contribution >= 0.6 is 0 Å². The topological polar surface area (TPSA) is 59.0 Å². The number of nitrogens with one attached hydrogen (secondary N) is 2. The molecule has 5 nitrogen and oxygen atoms in total. The van der Waals surface area contributed by atoms with Gasteiger partial charge in [-0.2, -0.15) is 0 Å². The van der Waals surface area contributed by atoms with Crippen molar-refractivity contribution in [2.24, 2.45) is 0 Å². The summed E-state index contributed by atoms with van der Waals surface area (Å²) in [6, 6.07) is 8.81. The molecule has 1 amide bonds. The number of carbonyl (C=O) groups is 1. The Hall–Kier alpha value is -2.28. The van der Waals surface area contributed by atoms with Crippen LogP contribution in [0.4, 0.5) is 14.7 Å². The van der Waals surface area contributed by atoms with Crippen LogP contribution in [0.2, 0.25) is 0 Å². The first-order chi connectivity index (χ1) is 10.5. The van der Waals surface area contributed by atoms with E-state index in [2.05, 4.69) is 15.6 Å². The summed E-state index contributed by atoms with van der Waals surface area (Å²) >= 11 is 0. The van der Waals surface area contributed by atoms with E-state index >= 15 is 0 Å². The Morgan fingerprint density at radius 3 is 2.86 bits per heavy atom. The van der Waals surface area contributed by atoms with Crippen molar-refractivity contribution in [2.45, 2.75) is 24.9 Å². The van der Waals surface area contributed by atoms with Crippen molar-refractivity contribution in [3.63, 3.8) is 0 Å². The first-order valence-corrected chi connectivity index (χ1v) is 7.01. The molecule has 1 fully saturated rings.